The van der Waals surface area contributed by atoms with Crippen LogP contribution < -0.4 is 0 Å². The summed E-state index contributed by atoms with van der Waals surface area (Å²) in [5, 5.41) is 4.22. The number of carbonyl (C=O) groups excluding carboxylic acids is 1. The van der Waals surface area contributed by atoms with Crippen LogP contribution in [0.25, 0.3) is 5.69 Å². The lowest BCUT2D eigenvalue weighted by atomic mass is 10.1. The quantitative estimate of drug-likeness (QED) is 0.328. The van der Waals surface area contributed by atoms with Crippen molar-refractivity contribution in [2.24, 2.45) is 0 Å². The molecular weight excluding hydrogens is 375 g/mol. The molecule has 0 bridgehead atoms. The monoisotopic (exact) mass is 390 g/mol. The number of rotatable bonds is 5. The number of para-hydroxylation sites is 1. The van der Waals surface area contributed by atoms with Gasteiger partial charge in [-0.05, 0) is 62.0 Å². The standard InChI is InChI=1S/C18H15FN2OS3/c1-11-5-3-4-6-15(11)21-18(23)25-17(20-21)24-12(2)16(22)13-7-9-14(19)10-8-13/h3-10,12H,1-2H3/t12-/m0/s1. The van der Waals surface area contributed by atoms with Crippen molar-refractivity contribution in [2.75, 3.05) is 0 Å². The van der Waals surface area contributed by atoms with Crippen molar-refractivity contribution >= 4 is 41.1 Å². The molecule has 0 saturated heterocycles. The number of ketones is 1. The van der Waals surface area contributed by atoms with Crippen LogP contribution in [0, 0.1) is 16.7 Å². The molecule has 3 nitrogen and oxygen atoms in total. The third-order valence-corrected chi connectivity index (χ3v) is 6.06. The van der Waals surface area contributed by atoms with E-state index in [4.69, 9.17) is 12.2 Å². The Morgan fingerprint density at radius 2 is 1.92 bits per heavy atom. The van der Waals surface area contributed by atoms with Gasteiger partial charge in [-0.3, -0.25) is 4.79 Å². The Bertz CT molecular complexity index is 963. The smallest absolute Gasteiger partial charge is 0.184 e. The van der Waals surface area contributed by atoms with Crippen molar-refractivity contribution in [2.45, 2.75) is 23.4 Å². The van der Waals surface area contributed by atoms with Gasteiger partial charge in [0.25, 0.3) is 0 Å². The first-order valence-corrected chi connectivity index (χ1v) is 9.69. The van der Waals surface area contributed by atoms with E-state index < -0.39 is 0 Å². The van der Waals surface area contributed by atoms with Crippen LogP contribution in [0.5, 0.6) is 0 Å². The summed E-state index contributed by atoms with van der Waals surface area (Å²) in [7, 11) is 0. The molecule has 0 aliphatic heterocycles. The average molecular weight is 391 g/mol. The number of aromatic nitrogens is 2. The van der Waals surface area contributed by atoms with E-state index in [0.29, 0.717) is 9.52 Å². The summed E-state index contributed by atoms with van der Waals surface area (Å²) in [6.07, 6.45) is 0. The van der Waals surface area contributed by atoms with Crippen LogP contribution in [-0.4, -0.2) is 20.8 Å². The minimum atomic E-state index is -0.355. The maximum Gasteiger partial charge on any atom is 0.184 e. The molecule has 25 heavy (non-hydrogen) atoms. The van der Waals surface area contributed by atoms with Gasteiger partial charge >= 0.3 is 0 Å². The van der Waals surface area contributed by atoms with Crippen molar-refractivity contribution < 1.29 is 9.18 Å². The predicted molar refractivity (Wildman–Crippen MR) is 103 cm³/mol. The molecule has 0 N–H and O–H groups in total. The largest absolute Gasteiger partial charge is 0.293 e. The average Bonchev–Trinajstić information content (AvgIpc) is 2.95. The first kappa shape index (κ1) is 18.0. The Labute approximate surface area is 158 Å². The summed E-state index contributed by atoms with van der Waals surface area (Å²) in [6, 6.07) is 13.5. The highest BCUT2D eigenvalue weighted by Crippen LogP contribution is 2.29. The zero-order valence-corrected chi connectivity index (χ0v) is 16.1. The fraction of sp³-hybridized carbons (Fsp3) is 0.167. The van der Waals surface area contributed by atoms with E-state index >= 15 is 0 Å². The first-order chi connectivity index (χ1) is 12.0. The van der Waals surface area contributed by atoms with Gasteiger partial charge in [0.2, 0.25) is 0 Å². The summed E-state index contributed by atoms with van der Waals surface area (Å²) < 4.78 is 16.1. The molecule has 1 heterocycles. The molecule has 2 aromatic carbocycles. The molecule has 0 fully saturated rings. The van der Waals surface area contributed by atoms with Gasteiger partial charge in [-0.1, -0.05) is 41.3 Å². The number of nitrogens with zero attached hydrogens (tertiary/aromatic N) is 2. The Kier molecular flexibility index (Phi) is 5.46. The molecule has 0 radical (unpaired) electrons. The Balaban J connectivity index is 1.81. The SMILES string of the molecule is Cc1ccccc1-n1nc(S[C@@H](C)C(=O)c2ccc(F)cc2)sc1=S. The molecule has 0 unspecified atom stereocenters. The van der Waals surface area contributed by atoms with E-state index in [0.717, 1.165) is 15.6 Å². The van der Waals surface area contributed by atoms with Crippen LogP contribution in [0.3, 0.4) is 0 Å². The molecular formula is C18H15FN2OS3. The van der Waals surface area contributed by atoms with Crippen LogP contribution >= 0.6 is 35.3 Å². The van der Waals surface area contributed by atoms with Gasteiger partial charge in [-0.2, -0.15) is 0 Å². The second kappa shape index (κ2) is 7.59. The maximum atomic E-state index is 13.0. The molecule has 1 aromatic heterocycles. The summed E-state index contributed by atoms with van der Waals surface area (Å²) >= 11 is 8.16. The summed E-state index contributed by atoms with van der Waals surface area (Å²) in [6.45, 7) is 3.82. The van der Waals surface area contributed by atoms with Gasteiger partial charge in [0.1, 0.15) is 5.82 Å². The van der Waals surface area contributed by atoms with Crippen LogP contribution in [-0.2, 0) is 0 Å². The minimum absolute atomic E-state index is 0.0615. The number of hydrogen-bond donors (Lipinski definition) is 0. The van der Waals surface area contributed by atoms with Crippen LogP contribution in [0.15, 0.2) is 52.9 Å². The second-order valence-electron chi connectivity index (χ2n) is 5.46. The van der Waals surface area contributed by atoms with Gasteiger partial charge < -0.3 is 0 Å². The highest BCUT2D eigenvalue weighted by atomic mass is 32.2. The summed E-state index contributed by atoms with van der Waals surface area (Å²) in [5.41, 5.74) is 2.51. The van der Waals surface area contributed by atoms with Crippen LogP contribution in [0.2, 0.25) is 0 Å². The fourth-order valence-corrected chi connectivity index (χ4v) is 4.88. The Morgan fingerprint density at radius 1 is 1.24 bits per heavy atom. The number of thioether (sulfide) groups is 1. The number of benzene rings is 2. The fourth-order valence-electron chi connectivity index (χ4n) is 2.32. The zero-order valence-electron chi connectivity index (χ0n) is 13.6. The van der Waals surface area contributed by atoms with Gasteiger partial charge in [-0.25, -0.2) is 9.07 Å². The third kappa shape index (κ3) is 4.05. The summed E-state index contributed by atoms with van der Waals surface area (Å²) in [5.74, 6) is -0.416. The molecule has 0 aliphatic rings. The molecule has 128 valence electrons. The molecule has 0 amide bonds. The summed E-state index contributed by atoms with van der Waals surface area (Å²) in [4.78, 5) is 12.5. The zero-order chi connectivity index (χ0) is 18.0. The van der Waals surface area contributed by atoms with E-state index in [-0.39, 0.29) is 16.9 Å². The number of Topliss-reactive ketones (excluding diaryl/α,β-unsaturated/α-hetero) is 1. The van der Waals surface area contributed by atoms with Gasteiger partial charge in [-0.15, -0.1) is 5.10 Å². The third-order valence-electron chi connectivity index (χ3n) is 3.65. The molecule has 3 aromatic rings. The number of halogens is 1. The maximum absolute atomic E-state index is 13.0. The first-order valence-electron chi connectivity index (χ1n) is 7.58. The van der Waals surface area contributed by atoms with Crippen molar-refractivity contribution in [3.8, 4) is 5.69 Å². The van der Waals surface area contributed by atoms with Crippen molar-refractivity contribution in [3.63, 3.8) is 0 Å². The van der Waals surface area contributed by atoms with E-state index in [1.165, 1.54) is 47.4 Å². The lowest BCUT2D eigenvalue weighted by Gasteiger charge is -2.08. The van der Waals surface area contributed by atoms with E-state index in [1.807, 2.05) is 38.1 Å². The molecule has 0 aliphatic carbocycles. The lowest BCUT2D eigenvalue weighted by Crippen LogP contribution is -2.13. The molecule has 0 saturated carbocycles. The van der Waals surface area contributed by atoms with E-state index in [9.17, 15) is 9.18 Å². The topological polar surface area (TPSA) is 34.9 Å². The van der Waals surface area contributed by atoms with Crippen molar-refractivity contribution in [1.82, 2.24) is 9.78 Å². The molecule has 7 heteroatoms. The molecule has 1 atom stereocenters. The second-order valence-corrected chi connectivity index (χ2v) is 8.67. The predicted octanol–water partition coefficient (Wildman–Crippen LogP) is 5.47. The van der Waals surface area contributed by atoms with Gasteiger partial charge in [0.05, 0.1) is 10.9 Å². The Hall–Kier alpha value is -1.83. The van der Waals surface area contributed by atoms with Gasteiger partial charge in [0, 0.05) is 5.56 Å². The van der Waals surface area contributed by atoms with Crippen molar-refractivity contribution in [1.29, 1.82) is 0 Å². The highest BCUT2D eigenvalue weighted by Gasteiger charge is 2.19. The minimum Gasteiger partial charge on any atom is -0.293 e. The number of hydrogen-bond acceptors (Lipinski definition) is 5. The van der Waals surface area contributed by atoms with Crippen LogP contribution in [0.1, 0.15) is 22.8 Å². The molecule has 3 rings (SSSR count). The number of carbonyl (C=O) groups is 1. The lowest BCUT2D eigenvalue weighted by molar-refractivity contribution is 0.0994. The number of aryl methyl sites for hydroxylation is 1. The van der Waals surface area contributed by atoms with Crippen molar-refractivity contribution in [3.05, 3.63) is 69.4 Å². The molecule has 0 spiro atoms. The van der Waals surface area contributed by atoms with E-state index in [2.05, 4.69) is 5.10 Å². The Morgan fingerprint density at radius 3 is 2.60 bits per heavy atom. The normalized spacial score (nSPS) is 12.1. The van der Waals surface area contributed by atoms with Crippen LogP contribution in [0.4, 0.5) is 4.39 Å². The van der Waals surface area contributed by atoms with Gasteiger partial charge in [0.15, 0.2) is 14.1 Å². The van der Waals surface area contributed by atoms with E-state index in [1.54, 1.807) is 4.68 Å². The highest BCUT2D eigenvalue weighted by molar-refractivity contribution is 8.02.